The first-order valence-electron chi connectivity index (χ1n) is 13.0. The van der Waals surface area contributed by atoms with Gasteiger partial charge in [0.25, 0.3) is 0 Å². The number of benzene rings is 4. The molecule has 0 radical (unpaired) electrons. The lowest BCUT2D eigenvalue weighted by atomic mass is 9.85. The van der Waals surface area contributed by atoms with Crippen molar-refractivity contribution in [3.8, 4) is 0 Å². The van der Waals surface area contributed by atoms with Gasteiger partial charge in [-0.3, -0.25) is 9.79 Å². The number of Topliss-reactive ketones (excluding diaryl/α,β-unsaturated/α-hetero) is 1. The molecule has 4 nitrogen and oxygen atoms in total. The van der Waals surface area contributed by atoms with Gasteiger partial charge in [0.05, 0.1) is 5.71 Å². The molecule has 0 saturated carbocycles. The van der Waals surface area contributed by atoms with Crippen molar-refractivity contribution in [3.63, 3.8) is 0 Å². The summed E-state index contributed by atoms with van der Waals surface area (Å²) in [6, 6.07) is 32.9. The summed E-state index contributed by atoms with van der Waals surface area (Å²) in [6.07, 6.45) is -0.0140. The van der Waals surface area contributed by atoms with E-state index in [4.69, 9.17) is 9.73 Å². The number of carbonyl (C=O) groups is 2. The molecular weight excluding hydrogens is 489 g/mol. The average Bonchev–Trinajstić information content (AvgIpc) is 2.93. The van der Waals surface area contributed by atoms with E-state index in [1.807, 2.05) is 66.7 Å². The van der Waals surface area contributed by atoms with Crippen LogP contribution in [0.4, 0.5) is 4.39 Å². The van der Waals surface area contributed by atoms with Crippen LogP contribution in [0.1, 0.15) is 60.2 Å². The average molecular weight is 522 g/mol. The fourth-order valence-corrected chi connectivity index (χ4v) is 4.38. The van der Waals surface area contributed by atoms with Crippen molar-refractivity contribution in [3.05, 3.63) is 143 Å². The zero-order valence-electron chi connectivity index (χ0n) is 22.4. The molecule has 0 heterocycles. The number of halogens is 1. The lowest BCUT2D eigenvalue weighted by molar-refractivity contribution is -0.156. The molecule has 4 aromatic rings. The number of esters is 1. The standard InChI is InChI=1S/C34H32FNO3/c1-34(2,3)39-33(38)32(36-31(26-15-9-5-10-16-26)27-17-11-6-12-18-27)29(24-19-21-28(35)22-20-24)23-30(37)25-13-7-4-8-14-25/h4-22,29,32H,23H2,1-3H3/t29-,32+/m1/s1. The molecule has 39 heavy (non-hydrogen) atoms. The quantitative estimate of drug-likeness (QED) is 0.131. The Kier molecular flexibility index (Phi) is 8.82. The number of hydrogen-bond donors (Lipinski definition) is 0. The van der Waals surface area contributed by atoms with Crippen LogP contribution in [-0.2, 0) is 9.53 Å². The summed E-state index contributed by atoms with van der Waals surface area (Å²) in [5.41, 5.74) is 2.63. The van der Waals surface area contributed by atoms with Crippen LogP contribution in [0.15, 0.2) is 120 Å². The van der Waals surface area contributed by atoms with E-state index in [9.17, 15) is 14.0 Å². The predicted octanol–water partition coefficient (Wildman–Crippen LogP) is 7.43. The lowest BCUT2D eigenvalue weighted by Crippen LogP contribution is -2.36. The number of nitrogens with zero attached hydrogens (tertiary/aromatic N) is 1. The first kappa shape index (κ1) is 27.6. The van der Waals surface area contributed by atoms with Gasteiger partial charge in [0.1, 0.15) is 11.4 Å². The zero-order valence-corrected chi connectivity index (χ0v) is 22.4. The van der Waals surface area contributed by atoms with Crippen LogP contribution in [0.3, 0.4) is 0 Å². The fraction of sp³-hybridized carbons (Fsp3) is 0.206. The van der Waals surface area contributed by atoms with Crippen LogP contribution >= 0.6 is 0 Å². The summed E-state index contributed by atoms with van der Waals surface area (Å²) in [5.74, 6) is -1.80. The first-order valence-corrected chi connectivity index (χ1v) is 13.0. The largest absolute Gasteiger partial charge is 0.458 e. The molecule has 4 rings (SSSR count). The zero-order chi connectivity index (χ0) is 27.8. The molecule has 0 aliphatic heterocycles. The van der Waals surface area contributed by atoms with E-state index in [-0.39, 0.29) is 12.2 Å². The second kappa shape index (κ2) is 12.4. The topological polar surface area (TPSA) is 55.7 Å². The van der Waals surface area contributed by atoms with E-state index in [0.29, 0.717) is 16.8 Å². The number of hydrogen-bond acceptors (Lipinski definition) is 4. The molecule has 0 saturated heterocycles. The molecule has 0 amide bonds. The molecule has 2 atom stereocenters. The van der Waals surface area contributed by atoms with Crippen molar-refractivity contribution in [1.29, 1.82) is 0 Å². The third-order valence-electron chi connectivity index (χ3n) is 6.19. The Morgan fingerprint density at radius 2 is 1.18 bits per heavy atom. The van der Waals surface area contributed by atoms with Gasteiger partial charge < -0.3 is 4.74 Å². The highest BCUT2D eigenvalue weighted by atomic mass is 19.1. The van der Waals surface area contributed by atoms with Gasteiger partial charge >= 0.3 is 5.97 Å². The van der Waals surface area contributed by atoms with Crippen molar-refractivity contribution in [2.75, 3.05) is 0 Å². The van der Waals surface area contributed by atoms with Crippen molar-refractivity contribution in [2.24, 2.45) is 4.99 Å². The molecule has 0 bridgehead atoms. The predicted molar refractivity (Wildman–Crippen MR) is 153 cm³/mol. The molecule has 0 aliphatic rings. The van der Waals surface area contributed by atoms with E-state index >= 15 is 0 Å². The number of carbonyl (C=O) groups excluding carboxylic acids is 2. The highest BCUT2D eigenvalue weighted by Gasteiger charge is 2.35. The van der Waals surface area contributed by atoms with Gasteiger partial charge in [0, 0.05) is 29.0 Å². The van der Waals surface area contributed by atoms with Gasteiger partial charge in [-0.2, -0.15) is 0 Å². The Hall–Kier alpha value is -4.38. The molecule has 0 N–H and O–H groups in total. The maximum Gasteiger partial charge on any atom is 0.332 e. The SMILES string of the molecule is CC(C)(C)OC(=O)[C@@H](N=C(c1ccccc1)c1ccccc1)[C@H](CC(=O)c1ccccc1)c1ccc(F)cc1. The van der Waals surface area contributed by atoms with Crippen LogP contribution in [0, 0.1) is 5.82 Å². The van der Waals surface area contributed by atoms with Crippen LogP contribution in [0.2, 0.25) is 0 Å². The molecule has 5 heteroatoms. The van der Waals surface area contributed by atoms with E-state index < -0.39 is 29.3 Å². The third kappa shape index (κ3) is 7.57. The van der Waals surface area contributed by atoms with Crippen molar-refractivity contribution >= 4 is 17.5 Å². The maximum absolute atomic E-state index is 13.9. The van der Waals surface area contributed by atoms with Crippen LogP contribution < -0.4 is 0 Å². The van der Waals surface area contributed by atoms with Crippen LogP contribution in [0.25, 0.3) is 0 Å². The molecule has 0 aliphatic carbocycles. The molecule has 0 aromatic heterocycles. The van der Waals surface area contributed by atoms with Crippen LogP contribution in [0.5, 0.6) is 0 Å². The van der Waals surface area contributed by atoms with Crippen LogP contribution in [-0.4, -0.2) is 29.1 Å². The fourth-order valence-electron chi connectivity index (χ4n) is 4.38. The second-order valence-electron chi connectivity index (χ2n) is 10.3. The van der Waals surface area contributed by atoms with E-state index in [2.05, 4.69) is 0 Å². The van der Waals surface area contributed by atoms with E-state index in [1.54, 1.807) is 57.2 Å². The Morgan fingerprint density at radius 1 is 0.718 bits per heavy atom. The normalized spacial score (nSPS) is 12.7. The highest BCUT2D eigenvalue weighted by Crippen LogP contribution is 2.31. The minimum Gasteiger partial charge on any atom is -0.458 e. The summed E-state index contributed by atoms with van der Waals surface area (Å²) >= 11 is 0. The maximum atomic E-state index is 13.9. The number of ether oxygens (including phenoxy) is 1. The number of aliphatic imine (C=N–C) groups is 1. The lowest BCUT2D eigenvalue weighted by Gasteiger charge is -2.28. The molecule has 0 fully saturated rings. The Labute approximate surface area is 229 Å². The molecular formula is C34H32FNO3. The van der Waals surface area contributed by atoms with Gasteiger partial charge in [-0.25, -0.2) is 9.18 Å². The monoisotopic (exact) mass is 521 g/mol. The molecule has 4 aromatic carbocycles. The summed E-state index contributed by atoms with van der Waals surface area (Å²) in [4.78, 5) is 32.3. The van der Waals surface area contributed by atoms with Gasteiger partial charge in [-0.15, -0.1) is 0 Å². The molecule has 198 valence electrons. The minimum atomic E-state index is -1.07. The van der Waals surface area contributed by atoms with Gasteiger partial charge in [0.15, 0.2) is 11.8 Å². The number of ketones is 1. The van der Waals surface area contributed by atoms with E-state index in [0.717, 1.165) is 11.1 Å². The van der Waals surface area contributed by atoms with Crippen molar-refractivity contribution in [2.45, 2.75) is 44.8 Å². The third-order valence-corrected chi connectivity index (χ3v) is 6.19. The Morgan fingerprint density at radius 3 is 1.64 bits per heavy atom. The second-order valence-corrected chi connectivity index (χ2v) is 10.3. The first-order chi connectivity index (χ1) is 18.7. The Bertz CT molecular complexity index is 1370. The van der Waals surface area contributed by atoms with Crippen molar-refractivity contribution in [1.82, 2.24) is 0 Å². The van der Waals surface area contributed by atoms with E-state index in [1.165, 1.54) is 12.1 Å². The van der Waals surface area contributed by atoms with Gasteiger partial charge in [-0.1, -0.05) is 103 Å². The number of rotatable bonds is 9. The summed E-state index contributed by atoms with van der Waals surface area (Å²) < 4.78 is 19.8. The minimum absolute atomic E-state index is 0.0140. The molecule has 0 spiro atoms. The summed E-state index contributed by atoms with van der Waals surface area (Å²) in [7, 11) is 0. The Balaban J connectivity index is 1.89. The highest BCUT2D eigenvalue weighted by molar-refractivity contribution is 6.13. The summed E-state index contributed by atoms with van der Waals surface area (Å²) in [6.45, 7) is 5.38. The van der Waals surface area contributed by atoms with Crippen molar-refractivity contribution < 1.29 is 18.7 Å². The van der Waals surface area contributed by atoms with Gasteiger partial charge in [0.2, 0.25) is 0 Å². The smallest absolute Gasteiger partial charge is 0.332 e. The summed E-state index contributed by atoms with van der Waals surface area (Å²) in [5, 5.41) is 0. The van der Waals surface area contributed by atoms with Gasteiger partial charge in [-0.05, 0) is 38.5 Å². The molecule has 0 unspecified atom stereocenters.